The Labute approximate surface area is 94.4 Å². The highest BCUT2D eigenvalue weighted by Crippen LogP contribution is 2.18. The predicted octanol–water partition coefficient (Wildman–Crippen LogP) is 0.766. The minimum atomic E-state index is 0.129. The molecule has 0 aliphatic heterocycles. The summed E-state index contributed by atoms with van der Waals surface area (Å²) in [5.41, 5.74) is 0.129. The van der Waals surface area contributed by atoms with Gasteiger partial charge in [-0.1, -0.05) is 12.8 Å². The van der Waals surface area contributed by atoms with Gasteiger partial charge in [-0.15, -0.1) is 6.42 Å². The van der Waals surface area contributed by atoms with Gasteiger partial charge < -0.3 is 14.5 Å². The fraction of sp³-hybridized carbons (Fsp3) is 0.833. The minimum absolute atomic E-state index is 0.129. The lowest BCUT2D eigenvalue weighted by atomic mass is 9.90. The lowest BCUT2D eigenvalue weighted by Crippen LogP contribution is -2.42. The van der Waals surface area contributed by atoms with Gasteiger partial charge in [0.2, 0.25) is 0 Å². The van der Waals surface area contributed by atoms with Crippen LogP contribution in [0.5, 0.6) is 0 Å². The van der Waals surface area contributed by atoms with Crippen LogP contribution in [0, 0.1) is 17.8 Å². The molecule has 0 radical (unpaired) electrons. The molecule has 15 heavy (non-hydrogen) atoms. The van der Waals surface area contributed by atoms with Gasteiger partial charge in [0.05, 0.1) is 6.61 Å². The number of hydrogen-bond acceptors (Lipinski definition) is 3. The summed E-state index contributed by atoms with van der Waals surface area (Å²) in [6.07, 6.45) is 5.16. The molecule has 0 aromatic carbocycles. The zero-order valence-electron chi connectivity index (χ0n) is 10.7. The predicted molar refractivity (Wildman–Crippen MR) is 64.9 cm³/mol. The zero-order valence-corrected chi connectivity index (χ0v) is 10.7. The zero-order chi connectivity index (χ0) is 11.9. The van der Waals surface area contributed by atoms with Crippen molar-refractivity contribution in [1.29, 1.82) is 0 Å². The summed E-state index contributed by atoms with van der Waals surface area (Å²) in [5, 5.41) is 0. The second kappa shape index (κ2) is 6.84. The Morgan fingerprint density at radius 3 is 1.93 bits per heavy atom. The Hall–Kier alpha value is -0.560. The van der Waals surface area contributed by atoms with Crippen LogP contribution in [0.3, 0.4) is 0 Å². The Morgan fingerprint density at radius 2 is 1.60 bits per heavy atom. The summed E-state index contributed by atoms with van der Waals surface area (Å²) in [7, 11) is 8.31. The van der Waals surface area contributed by atoms with E-state index in [2.05, 4.69) is 50.8 Å². The van der Waals surface area contributed by atoms with Gasteiger partial charge in [0.25, 0.3) is 0 Å². The number of rotatable bonds is 7. The molecule has 3 nitrogen and oxygen atoms in total. The number of nitrogens with zero attached hydrogens (tertiary/aromatic N) is 2. The van der Waals surface area contributed by atoms with Crippen molar-refractivity contribution in [1.82, 2.24) is 9.80 Å². The van der Waals surface area contributed by atoms with Crippen molar-refractivity contribution in [2.24, 2.45) is 5.41 Å². The van der Waals surface area contributed by atoms with E-state index >= 15 is 0 Å². The maximum atomic E-state index is 5.46. The third-order valence-electron chi connectivity index (χ3n) is 2.03. The molecule has 0 N–H and O–H groups in total. The van der Waals surface area contributed by atoms with E-state index in [4.69, 9.17) is 11.2 Å². The van der Waals surface area contributed by atoms with E-state index in [9.17, 15) is 0 Å². The van der Waals surface area contributed by atoms with Crippen molar-refractivity contribution in [3.8, 4) is 12.3 Å². The van der Waals surface area contributed by atoms with Crippen molar-refractivity contribution < 1.29 is 4.74 Å². The third kappa shape index (κ3) is 7.38. The molecule has 0 aromatic rings. The van der Waals surface area contributed by atoms with Gasteiger partial charge in [-0.2, -0.15) is 0 Å². The smallest absolute Gasteiger partial charge is 0.107 e. The first-order valence-corrected chi connectivity index (χ1v) is 5.20. The lowest BCUT2D eigenvalue weighted by molar-refractivity contribution is 0.0377. The molecule has 0 bridgehead atoms. The minimum Gasteiger partial charge on any atom is -0.368 e. The van der Waals surface area contributed by atoms with E-state index in [0.717, 1.165) is 13.1 Å². The lowest BCUT2D eigenvalue weighted by Gasteiger charge is -2.34. The van der Waals surface area contributed by atoms with Crippen molar-refractivity contribution in [3.05, 3.63) is 0 Å². The molecule has 3 heteroatoms. The van der Waals surface area contributed by atoms with Crippen molar-refractivity contribution in [3.63, 3.8) is 0 Å². The molecule has 0 heterocycles. The molecule has 0 aliphatic rings. The fourth-order valence-corrected chi connectivity index (χ4v) is 2.02. The average molecular weight is 212 g/mol. The van der Waals surface area contributed by atoms with Crippen LogP contribution < -0.4 is 0 Å². The molecule has 0 spiro atoms. The highest BCUT2D eigenvalue weighted by atomic mass is 16.5. The number of terminal acetylenes is 1. The Bertz CT molecular complexity index is 196. The van der Waals surface area contributed by atoms with Crippen LogP contribution in [0.2, 0.25) is 0 Å². The van der Waals surface area contributed by atoms with E-state index < -0.39 is 0 Å². The number of ether oxygens (including phenoxy) is 1. The first-order chi connectivity index (χ1) is 6.89. The van der Waals surface area contributed by atoms with Gasteiger partial charge in [0.1, 0.15) is 6.61 Å². The first kappa shape index (κ1) is 14.4. The fourth-order valence-electron chi connectivity index (χ4n) is 2.02. The standard InChI is InChI=1S/C12H24N2O/c1-7-8-15-11-12(2,9-13(3)4)10-14(5)6/h1H,8-11H2,2-6H3. The van der Waals surface area contributed by atoms with Gasteiger partial charge in [-0.3, -0.25) is 0 Å². The molecular formula is C12H24N2O. The molecule has 0 aliphatic carbocycles. The van der Waals surface area contributed by atoms with Crippen LogP contribution in [0.4, 0.5) is 0 Å². The Balaban J connectivity index is 4.21. The van der Waals surface area contributed by atoms with E-state index in [1.54, 1.807) is 0 Å². The Morgan fingerprint density at radius 1 is 1.13 bits per heavy atom. The third-order valence-corrected chi connectivity index (χ3v) is 2.03. The maximum absolute atomic E-state index is 5.46. The van der Waals surface area contributed by atoms with E-state index in [0.29, 0.717) is 13.2 Å². The normalized spacial score (nSPS) is 12.1. The largest absolute Gasteiger partial charge is 0.368 e. The van der Waals surface area contributed by atoms with Crippen LogP contribution in [0.1, 0.15) is 6.92 Å². The van der Waals surface area contributed by atoms with Crippen molar-refractivity contribution in [2.75, 3.05) is 54.5 Å². The van der Waals surface area contributed by atoms with Crippen LogP contribution in [0.15, 0.2) is 0 Å². The summed E-state index contributed by atoms with van der Waals surface area (Å²) < 4.78 is 5.46. The molecule has 0 fully saturated rings. The van der Waals surface area contributed by atoms with Gasteiger partial charge >= 0.3 is 0 Å². The quantitative estimate of drug-likeness (QED) is 0.458. The highest BCUT2D eigenvalue weighted by molar-refractivity contribution is 4.85. The molecule has 0 rings (SSSR count). The first-order valence-electron chi connectivity index (χ1n) is 5.20. The molecule has 0 unspecified atom stereocenters. The summed E-state index contributed by atoms with van der Waals surface area (Å²) >= 11 is 0. The molecular weight excluding hydrogens is 188 g/mol. The van der Waals surface area contributed by atoms with E-state index in [1.165, 1.54) is 0 Å². The van der Waals surface area contributed by atoms with Crippen molar-refractivity contribution >= 4 is 0 Å². The summed E-state index contributed by atoms with van der Waals surface area (Å²) in [5.74, 6) is 2.50. The van der Waals surface area contributed by atoms with Gasteiger partial charge in [0, 0.05) is 18.5 Å². The average Bonchev–Trinajstić information content (AvgIpc) is 2.00. The summed E-state index contributed by atoms with van der Waals surface area (Å²) in [6, 6.07) is 0. The molecule has 0 aromatic heterocycles. The SMILES string of the molecule is C#CCOCC(C)(CN(C)C)CN(C)C. The van der Waals surface area contributed by atoms with Crippen LogP contribution in [-0.2, 0) is 4.74 Å². The topological polar surface area (TPSA) is 15.7 Å². The second-order valence-electron chi connectivity index (χ2n) is 4.98. The molecule has 0 saturated carbocycles. The molecule has 88 valence electrons. The molecule has 0 saturated heterocycles. The van der Waals surface area contributed by atoms with E-state index in [-0.39, 0.29) is 5.41 Å². The Kier molecular flexibility index (Phi) is 6.58. The maximum Gasteiger partial charge on any atom is 0.107 e. The molecule has 0 amide bonds. The second-order valence-corrected chi connectivity index (χ2v) is 4.98. The van der Waals surface area contributed by atoms with Gasteiger partial charge in [-0.25, -0.2) is 0 Å². The summed E-state index contributed by atoms with van der Waals surface area (Å²) in [4.78, 5) is 4.37. The molecule has 0 atom stereocenters. The highest BCUT2D eigenvalue weighted by Gasteiger charge is 2.26. The van der Waals surface area contributed by atoms with Gasteiger partial charge in [0.15, 0.2) is 0 Å². The van der Waals surface area contributed by atoms with Crippen LogP contribution >= 0.6 is 0 Å². The summed E-state index contributed by atoms with van der Waals surface area (Å²) in [6.45, 7) is 5.32. The van der Waals surface area contributed by atoms with Crippen LogP contribution in [-0.4, -0.2) is 64.3 Å². The monoisotopic (exact) mass is 212 g/mol. The van der Waals surface area contributed by atoms with E-state index in [1.807, 2.05) is 0 Å². The van der Waals surface area contributed by atoms with Crippen LogP contribution in [0.25, 0.3) is 0 Å². The van der Waals surface area contributed by atoms with Crippen molar-refractivity contribution in [2.45, 2.75) is 6.92 Å². The number of hydrogen-bond donors (Lipinski definition) is 0. The van der Waals surface area contributed by atoms with Gasteiger partial charge in [-0.05, 0) is 28.2 Å².